The van der Waals surface area contributed by atoms with Crippen LogP contribution < -0.4 is 0 Å². The normalized spacial score (nSPS) is 20.9. The Hall–Kier alpha value is -0.260. The maximum Gasteiger partial charge on any atom is -0.0322 e. The maximum absolute atomic E-state index is 2.36. The molecule has 1 aliphatic carbocycles. The number of rotatable bonds is 3. The van der Waals surface area contributed by atoms with E-state index in [1.165, 1.54) is 38.5 Å². The minimum Gasteiger partial charge on any atom is -0.0888 e. The molecule has 0 aromatic rings. The van der Waals surface area contributed by atoms with E-state index in [0.717, 1.165) is 5.92 Å². The van der Waals surface area contributed by atoms with E-state index in [-0.39, 0.29) is 0 Å². The van der Waals surface area contributed by atoms with Crippen LogP contribution in [-0.4, -0.2) is 0 Å². The van der Waals surface area contributed by atoms with E-state index >= 15 is 0 Å². The number of allylic oxidation sites excluding steroid dienone is 2. The molecule has 0 radical (unpaired) electrons. The Balaban J connectivity index is 2.06. The third-order valence-corrected chi connectivity index (χ3v) is 2.35. The molecule has 0 heteroatoms. The summed E-state index contributed by atoms with van der Waals surface area (Å²) in [6, 6.07) is 0. The lowest BCUT2D eigenvalue weighted by Crippen LogP contribution is -1.88. The quantitative estimate of drug-likeness (QED) is 0.523. The Labute approximate surface area is 64.3 Å². The van der Waals surface area contributed by atoms with E-state index in [2.05, 4.69) is 19.1 Å². The molecule has 0 N–H and O–H groups in total. The first-order chi connectivity index (χ1) is 4.93. The molecule has 0 unspecified atom stereocenters. The topological polar surface area (TPSA) is 0 Å². The first-order valence-electron chi connectivity index (χ1n) is 4.58. The molecule has 0 spiro atoms. The average Bonchev–Trinajstić information content (AvgIpc) is 2.41. The van der Waals surface area contributed by atoms with Crippen molar-refractivity contribution < 1.29 is 0 Å². The standard InChI is InChI=1S/C10H18/c1-2-3-4-7-10-8-5-6-9-10/h3-4,10H,2,5-9H2,1H3/b4-3-. The molecule has 1 saturated carbocycles. The van der Waals surface area contributed by atoms with E-state index in [9.17, 15) is 0 Å². The van der Waals surface area contributed by atoms with Crippen LogP contribution in [0.5, 0.6) is 0 Å². The third kappa shape index (κ3) is 2.55. The van der Waals surface area contributed by atoms with Gasteiger partial charge in [-0.05, 0) is 18.8 Å². The molecule has 1 rings (SSSR count). The minimum atomic E-state index is 1.03. The van der Waals surface area contributed by atoms with Crippen LogP contribution in [0.25, 0.3) is 0 Å². The first-order valence-corrected chi connectivity index (χ1v) is 4.58. The summed E-state index contributed by atoms with van der Waals surface area (Å²) < 4.78 is 0. The summed E-state index contributed by atoms with van der Waals surface area (Å²) >= 11 is 0. The second kappa shape index (κ2) is 4.54. The van der Waals surface area contributed by atoms with E-state index in [1.54, 1.807) is 0 Å². The Bertz CT molecular complexity index is 96.6. The summed E-state index contributed by atoms with van der Waals surface area (Å²) in [5.41, 5.74) is 0. The van der Waals surface area contributed by atoms with Gasteiger partial charge in [-0.3, -0.25) is 0 Å². The van der Waals surface area contributed by atoms with E-state index in [1.807, 2.05) is 0 Å². The molecular formula is C10H18. The molecule has 0 heterocycles. The molecule has 0 saturated heterocycles. The van der Waals surface area contributed by atoms with Crippen LogP contribution in [0.3, 0.4) is 0 Å². The molecule has 0 amide bonds. The van der Waals surface area contributed by atoms with Crippen LogP contribution in [0.2, 0.25) is 0 Å². The maximum atomic E-state index is 2.36. The summed E-state index contributed by atoms with van der Waals surface area (Å²) in [6.45, 7) is 2.20. The van der Waals surface area contributed by atoms with E-state index < -0.39 is 0 Å². The summed E-state index contributed by atoms with van der Waals surface area (Å²) in [6.07, 6.45) is 13.1. The molecule has 0 bridgehead atoms. The Morgan fingerprint density at radius 2 is 1.90 bits per heavy atom. The first kappa shape index (κ1) is 7.84. The smallest absolute Gasteiger partial charge is 0.0322 e. The molecule has 58 valence electrons. The van der Waals surface area contributed by atoms with Crippen LogP contribution in [0, 0.1) is 5.92 Å². The van der Waals surface area contributed by atoms with E-state index in [4.69, 9.17) is 0 Å². The second-order valence-electron chi connectivity index (χ2n) is 3.27. The fourth-order valence-electron chi connectivity index (χ4n) is 1.70. The monoisotopic (exact) mass is 138 g/mol. The van der Waals surface area contributed by atoms with Crippen LogP contribution >= 0.6 is 0 Å². The lowest BCUT2D eigenvalue weighted by Gasteiger charge is -2.02. The van der Waals surface area contributed by atoms with Gasteiger partial charge < -0.3 is 0 Å². The summed E-state index contributed by atoms with van der Waals surface area (Å²) in [5, 5.41) is 0. The Morgan fingerprint density at radius 1 is 1.20 bits per heavy atom. The Morgan fingerprint density at radius 3 is 2.50 bits per heavy atom. The largest absolute Gasteiger partial charge is 0.0888 e. The Kier molecular flexibility index (Phi) is 3.56. The third-order valence-electron chi connectivity index (χ3n) is 2.35. The van der Waals surface area contributed by atoms with Crippen molar-refractivity contribution in [3.63, 3.8) is 0 Å². The van der Waals surface area contributed by atoms with Gasteiger partial charge in [-0.25, -0.2) is 0 Å². The predicted molar refractivity (Wildman–Crippen MR) is 46.0 cm³/mol. The molecule has 10 heavy (non-hydrogen) atoms. The highest BCUT2D eigenvalue weighted by molar-refractivity contribution is 4.84. The zero-order valence-electron chi connectivity index (χ0n) is 6.97. The fourth-order valence-corrected chi connectivity index (χ4v) is 1.70. The minimum absolute atomic E-state index is 1.03. The van der Waals surface area contributed by atoms with Crippen LogP contribution in [0.15, 0.2) is 12.2 Å². The van der Waals surface area contributed by atoms with Crippen molar-refractivity contribution >= 4 is 0 Å². The van der Waals surface area contributed by atoms with Crippen molar-refractivity contribution in [2.45, 2.75) is 45.4 Å². The highest BCUT2D eigenvalue weighted by atomic mass is 14.2. The van der Waals surface area contributed by atoms with Crippen molar-refractivity contribution in [3.8, 4) is 0 Å². The molecule has 0 nitrogen and oxygen atoms in total. The van der Waals surface area contributed by atoms with Gasteiger partial charge in [0.2, 0.25) is 0 Å². The molecule has 0 aromatic heterocycles. The lowest BCUT2D eigenvalue weighted by atomic mass is 10.0. The second-order valence-corrected chi connectivity index (χ2v) is 3.27. The highest BCUT2D eigenvalue weighted by Gasteiger charge is 2.12. The zero-order valence-corrected chi connectivity index (χ0v) is 6.97. The van der Waals surface area contributed by atoms with Gasteiger partial charge in [0.25, 0.3) is 0 Å². The molecule has 0 aromatic carbocycles. The lowest BCUT2D eigenvalue weighted by molar-refractivity contribution is 0.557. The van der Waals surface area contributed by atoms with Gasteiger partial charge >= 0.3 is 0 Å². The number of hydrogen-bond donors (Lipinski definition) is 0. The molecule has 1 fully saturated rings. The van der Waals surface area contributed by atoms with Crippen molar-refractivity contribution in [3.05, 3.63) is 12.2 Å². The van der Waals surface area contributed by atoms with Gasteiger partial charge in [-0.2, -0.15) is 0 Å². The summed E-state index contributed by atoms with van der Waals surface area (Å²) in [5.74, 6) is 1.03. The van der Waals surface area contributed by atoms with Crippen molar-refractivity contribution in [1.29, 1.82) is 0 Å². The van der Waals surface area contributed by atoms with E-state index in [0.29, 0.717) is 0 Å². The van der Waals surface area contributed by atoms with Gasteiger partial charge in [-0.15, -0.1) is 0 Å². The van der Waals surface area contributed by atoms with Gasteiger partial charge in [0.15, 0.2) is 0 Å². The number of hydrogen-bond acceptors (Lipinski definition) is 0. The van der Waals surface area contributed by atoms with Crippen LogP contribution in [0.4, 0.5) is 0 Å². The fraction of sp³-hybridized carbons (Fsp3) is 0.800. The van der Waals surface area contributed by atoms with Crippen LogP contribution in [0.1, 0.15) is 45.4 Å². The van der Waals surface area contributed by atoms with Gasteiger partial charge in [0, 0.05) is 0 Å². The molecular weight excluding hydrogens is 120 g/mol. The summed E-state index contributed by atoms with van der Waals surface area (Å²) in [4.78, 5) is 0. The summed E-state index contributed by atoms with van der Waals surface area (Å²) in [7, 11) is 0. The van der Waals surface area contributed by atoms with Gasteiger partial charge in [0.1, 0.15) is 0 Å². The van der Waals surface area contributed by atoms with Crippen molar-refractivity contribution in [1.82, 2.24) is 0 Å². The molecule has 1 aliphatic rings. The van der Waals surface area contributed by atoms with Crippen LogP contribution in [-0.2, 0) is 0 Å². The van der Waals surface area contributed by atoms with Gasteiger partial charge in [0.05, 0.1) is 0 Å². The zero-order chi connectivity index (χ0) is 7.23. The SMILES string of the molecule is CC/C=C\CC1CCCC1. The molecule has 0 aliphatic heterocycles. The average molecular weight is 138 g/mol. The predicted octanol–water partition coefficient (Wildman–Crippen LogP) is 3.53. The van der Waals surface area contributed by atoms with Crippen molar-refractivity contribution in [2.24, 2.45) is 5.92 Å². The van der Waals surface area contributed by atoms with Gasteiger partial charge in [-0.1, -0.05) is 44.8 Å². The van der Waals surface area contributed by atoms with Crippen molar-refractivity contribution in [2.75, 3.05) is 0 Å². The molecule has 0 atom stereocenters. The highest BCUT2D eigenvalue weighted by Crippen LogP contribution is 2.27.